The largest absolute Gasteiger partial charge is 0.367 e. The van der Waals surface area contributed by atoms with E-state index < -0.39 is 0 Å². The van der Waals surface area contributed by atoms with E-state index in [1.165, 1.54) is 23.2 Å². The molecule has 0 saturated carbocycles. The molecule has 1 aliphatic rings. The van der Waals surface area contributed by atoms with Crippen LogP contribution in [-0.2, 0) is 19.4 Å². The normalized spacial score (nSPS) is 16.2. The Labute approximate surface area is 118 Å². The smallest absolute Gasteiger partial charge is 0.0440 e. The zero-order valence-corrected chi connectivity index (χ0v) is 12.1. The zero-order chi connectivity index (χ0) is 13.2. The maximum Gasteiger partial charge on any atom is 0.0440 e. The van der Waals surface area contributed by atoms with Gasteiger partial charge in [-0.05, 0) is 48.4 Å². The predicted molar refractivity (Wildman–Crippen MR) is 82.9 cm³/mol. The Morgan fingerprint density at radius 2 is 2.16 bits per heavy atom. The molecule has 1 unspecified atom stereocenters. The Morgan fingerprint density at radius 1 is 1.32 bits per heavy atom. The highest BCUT2D eigenvalue weighted by molar-refractivity contribution is 7.10. The van der Waals surface area contributed by atoms with E-state index in [0.717, 1.165) is 19.5 Å². The topological polar surface area (TPSA) is 29.3 Å². The van der Waals surface area contributed by atoms with Gasteiger partial charge < -0.3 is 10.6 Å². The molecule has 0 saturated heterocycles. The minimum atomic E-state index is 0.211. The molecule has 0 amide bonds. The molecule has 0 radical (unpaired) electrons. The Balaban J connectivity index is 1.87. The molecule has 2 heterocycles. The zero-order valence-electron chi connectivity index (χ0n) is 11.3. The second kappa shape index (κ2) is 5.35. The highest BCUT2D eigenvalue weighted by Gasteiger charge is 2.19. The second-order valence-corrected chi connectivity index (χ2v) is 6.35. The summed E-state index contributed by atoms with van der Waals surface area (Å²) in [5.74, 6) is 0. The van der Waals surface area contributed by atoms with Crippen molar-refractivity contribution in [2.24, 2.45) is 5.73 Å². The molecule has 100 valence electrons. The van der Waals surface area contributed by atoms with E-state index in [-0.39, 0.29) is 6.04 Å². The van der Waals surface area contributed by atoms with E-state index >= 15 is 0 Å². The molecule has 2 N–H and O–H groups in total. The Hall–Kier alpha value is -1.32. The third-order valence-corrected chi connectivity index (χ3v) is 4.70. The van der Waals surface area contributed by atoms with Crippen molar-refractivity contribution >= 4 is 17.0 Å². The number of thiophene rings is 1. The standard InChI is InChI=1S/C16H20N2S/c1-12(17)10-13-4-2-3-5-15(13)18-8-6-16-14(11-18)7-9-19-16/h2-5,7,9,12H,6,8,10-11,17H2,1H3. The van der Waals surface area contributed by atoms with Crippen molar-refractivity contribution < 1.29 is 0 Å². The average Bonchev–Trinajstić information content (AvgIpc) is 2.86. The molecular weight excluding hydrogens is 252 g/mol. The number of fused-ring (bicyclic) bond motifs is 1. The highest BCUT2D eigenvalue weighted by atomic mass is 32.1. The van der Waals surface area contributed by atoms with Gasteiger partial charge in [-0.2, -0.15) is 0 Å². The van der Waals surface area contributed by atoms with Gasteiger partial charge in [-0.25, -0.2) is 0 Å². The molecule has 1 aromatic carbocycles. The van der Waals surface area contributed by atoms with Crippen LogP contribution >= 0.6 is 11.3 Å². The molecule has 2 nitrogen and oxygen atoms in total. The van der Waals surface area contributed by atoms with Gasteiger partial charge >= 0.3 is 0 Å². The fourth-order valence-electron chi connectivity index (χ4n) is 2.79. The van der Waals surface area contributed by atoms with Crippen LogP contribution < -0.4 is 10.6 Å². The lowest BCUT2D eigenvalue weighted by Crippen LogP contribution is -2.31. The molecule has 3 rings (SSSR count). The Bertz CT molecular complexity index is 559. The van der Waals surface area contributed by atoms with E-state index in [1.54, 1.807) is 4.88 Å². The van der Waals surface area contributed by atoms with Gasteiger partial charge in [-0.1, -0.05) is 18.2 Å². The number of benzene rings is 1. The van der Waals surface area contributed by atoms with E-state index in [0.29, 0.717) is 0 Å². The first-order valence-electron chi connectivity index (χ1n) is 6.87. The first-order chi connectivity index (χ1) is 9.24. The summed E-state index contributed by atoms with van der Waals surface area (Å²) in [4.78, 5) is 4.05. The average molecular weight is 272 g/mol. The van der Waals surface area contributed by atoms with Gasteiger partial charge in [0, 0.05) is 29.7 Å². The van der Waals surface area contributed by atoms with Crippen LogP contribution in [0.4, 0.5) is 5.69 Å². The minimum Gasteiger partial charge on any atom is -0.367 e. The van der Waals surface area contributed by atoms with E-state index in [1.807, 2.05) is 11.3 Å². The summed E-state index contributed by atoms with van der Waals surface area (Å²) >= 11 is 1.89. The summed E-state index contributed by atoms with van der Waals surface area (Å²) in [6, 6.07) is 11.2. The van der Waals surface area contributed by atoms with Gasteiger partial charge in [0.2, 0.25) is 0 Å². The number of anilines is 1. The number of nitrogens with zero attached hydrogens (tertiary/aromatic N) is 1. The van der Waals surface area contributed by atoms with Crippen molar-refractivity contribution in [3.63, 3.8) is 0 Å². The monoisotopic (exact) mass is 272 g/mol. The van der Waals surface area contributed by atoms with Crippen molar-refractivity contribution in [3.8, 4) is 0 Å². The SMILES string of the molecule is CC(N)Cc1ccccc1N1CCc2sccc2C1. The van der Waals surface area contributed by atoms with Gasteiger partial charge in [0.05, 0.1) is 0 Å². The number of nitrogens with two attached hydrogens (primary N) is 1. The summed E-state index contributed by atoms with van der Waals surface area (Å²) in [5, 5.41) is 2.21. The van der Waals surface area contributed by atoms with E-state index in [2.05, 4.69) is 47.5 Å². The summed E-state index contributed by atoms with van der Waals surface area (Å²) in [6.45, 7) is 4.22. The number of para-hydroxylation sites is 1. The Kier molecular flexibility index (Phi) is 3.58. The summed E-state index contributed by atoms with van der Waals surface area (Å²) in [7, 11) is 0. The molecule has 1 aliphatic heterocycles. The van der Waals surface area contributed by atoms with Gasteiger partial charge in [-0.15, -0.1) is 11.3 Å². The van der Waals surface area contributed by atoms with Crippen LogP contribution in [0.5, 0.6) is 0 Å². The van der Waals surface area contributed by atoms with Crippen molar-refractivity contribution in [2.45, 2.75) is 32.4 Å². The molecule has 0 bridgehead atoms. The third-order valence-electron chi connectivity index (χ3n) is 3.68. The lowest BCUT2D eigenvalue weighted by atomic mass is 10.0. The number of hydrogen-bond acceptors (Lipinski definition) is 3. The summed E-state index contributed by atoms with van der Waals surface area (Å²) < 4.78 is 0. The minimum absolute atomic E-state index is 0.211. The van der Waals surface area contributed by atoms with Crippen molar-refractivity contribution in [3.05, 3.63) is 51.7 Å². The molecule has 2 aromatic rings. The molecule has 0 aliphatic carbocycles. The van der Waals surface area contributed by atoms with E-state index in [9.17, 15) is 0 Å². The first-order valence-corrected chi connectivity index (χ1v) is 7.75. The second-order valence-electron chi connectivity index (χ2n) is 5.35. The molecule has 3 heteroatoms. The highest BCUT2D eigenvalue weighted by Crippen LogP contribution is 2.30. The fourth-order valence-corrected chi connectivity index (χ4v) is 3.68. The maximum absolute atomic E-state index is 5.97. The molecular formula is C16H20N2S. The van der Waals surface area contributed by atoms with Crippen LogP contribution in [0.1, 0.15) is 22.9 Å². The molecule has 19 heavy (non-hydrogen) atoms. The number of rotatable bonds is 3. The number of hydrogen-bond donors (Lipinski definition) is 1. The maximum atomic E-state index is 5.97. The van der Waals surface area contributed by atoms with E-state index in [4.69, 9.17) is 5.73 Å². The Morgan fingerprint density at radius 3 is 3.00 bits per heavy atom. The van der Waals surface area contributed by atoms with Crippen LogP contribution in [0.2, 0.25) is 0 Å². The van der Waals surface area contributed by atoms with Crippen LogP contribution in [-0.4, -0.2) is 12.6 Å². The van der Waals surface area contributed by atoms with Crippen molar-refractivity contribution in [1.29, 1.82) is 0 Å². The van der Waals surface area contributed by atoms with Crippen molar-refractivity contribution in [2.75, 3.05) is 11.4 Å². The molecule has 1 aromatic heterocycles. The van der Waals surface area contributed by atoms with Gasteiger partial charge in [0.15, 0.2) is 0 Å². The molecule has 0 fully saturated rings. The fraction of sp³-hybridized carbons (Fsp3) is 0.375. The molecule has 1 atom stereocenters. The quantitative estimate of drug-likeness (QED) is 0.929. The van der Waals surface area contributed by atoms with Crippen LogP contribution in [0, 0.1) is 0 Å². The summed E-state index contributed by atoms with van der Waals surface area (Å²) in [5.41, 5.74) is 10.2. The lowest BCUT2D eigenvalue weighted by molar-refractivity contribution is 0.712. The van der Waals surface area contributed by atoms with Gasteiger partial charge in [0.25, 0.3) is 0 Å². The van der Waals surface area contributed by atoms with Crippen LogP contribution in [0.25, 0.3) is 0 Å². The lowest BCUT2D eigenvalue weighted by Gasteiger charge is -2.31. The first kappa shape index (κ1) is 12.7. The third kappa shape index (κ3) is 2.67. The van der Waals surface area contributed by atoms with Gasteiger partial charge in [-0.3, -0.25) is 0 Å². The van der Waals surface area contributed by atoms with Crippen molar-refractivity contribution in [1.82, 2.24) is 0 Å². The summed E-state index contributed by atoms with van der Waals surface area (Å²) in [6.07, 6.45) is 2.11. The predicted octanol–water partition coefficient (Wildman–Crippen LogP) is 3.20. The van der Waals surface area contributed by atoms with Crippen LogP contribution in [0.3, 0.4) is 0 Å². The van der Waals surface area contributed by atoms with Crippen LogP contribution in [0.15, 0.2) is 35.7 Å². The van der Waals surface area contributed by atoms with Gasteiger partial charge in [0.1, 0.15) is 0 Å². The molecule has 0 spiro atoms.